The van der Waals surface area contributed by atoms with E-state index in [1.807, 2.05) is 0 Å². The Balaban J connectivity index is 2.41. The molecule has 0 saturated carbocycles. The summed E-state index contributed by atoms with van der Waals surface area (Å²) in [5.74, 6) is 0.835. The average molecular weight is 290 g/mol. The van der Waals surface area contributed by atoms with E-state index in [1.54, 1.807) is 0 Å². The topological polar surface area (TPSA) is 9.23 Å². The SMILES string of the molecule is CC(C)=CCC/C(C)=C/COC(C)(C)C1=CC[C@H](C)CC1. The van der Waals surface area contributed by atoms with Crippen LogP contribution in [0.25, 0.3) is 0 Å². The molecule has 1 nitrogen and oxygen atoms in total. The number of rotatable bonds is 7. The smallest absolute Gasteiger partial charge is 0.0839 e. The number of allylic oxidation sites excluding steroid dienone is 4. The van der Waals surface area contributed by atoms with Crippen molar-refractivity contribution in [1.82, 2.24) is 0 Å². The number of ether oxygens (including phenoxy) is 1. The molecule has 21 heavy (non-hydrogen) atoms. The molecule has 1 aliphatic carbocycles. The zero-order chi connectivity index (χ0) is 15.9. The minimum absolute atomic E-state index is 0.114. The second-order valence-electron chi connectivity index (χ2n) is 7.30. The van der Waals surface area contributed by atoms with Crippen molar-refractivity contribution < 1.29 is 4.74 Å². The third kappa shape index (κ3) is 7.13. The van der Waals surface area contributed by atoms with E-state index in [2.05, 4.69) is 59.8 Å². The fraction of sp³-hybridized carbons (Fsp3) is 0.700. The minimum Gasteiger partial charge on any atom is -0.367 e. The van der Waals surface area contributed by atoms with Gasteiger partial charge in [-0.15, -0.1) is 0 Å². The predicted octanol–water partition coefficient (Wildman–Crippen LogP) is 6.22. The summed E-state index contributed by atoms with van der Waals surface area (Å²) in [6, 6.07) is 0. The molecule has 0 saturated heterocycles. The van der Waals surface area contributed by atoms with E-state index in [9.17, 15) is 0 Å². The highest BCUT2D eigenvalue weighted by molar-refractivity contribution is 5.17. The molecule has 1 atom stereocenters. The first kappa shape index (κ1) is 18.2. The molecule has 0 N–H and O–H groups in total. The summed E-state index contributed by atoms with van der Waals surface area (Å²) in [7, 11) is 0. The van der Waals surface area contributed by atoms with Gasteiger partial charge in [-0.3, -0.25) is 0 Å². The summed E-state index contributed by atoms with van der Waals surface area (Å²) in [6.07, 6.45) is 12.9. The van der Waals surface area contributed by atoms with Gasteiger partial charge in [0.05, 0.1) is 12.2 Å². The molecule has 120 valence electrons. The Labute approximate surface area is 132 Å². The molecule has 0 fully saturated rings. The van der Waals surface area contributed by atoms with Crippen molar-refractivity contribution >= 4 is 0 Å². The highest BCUT2D eigenvalue weighted by Crippen LogP contribution is 2.32. The monoisotopic (exact) mass is 290 g/mol. The minimum atomic E-state index is -0.114. The summed E-state index contributed by atoms with van der Waals surface area (Å²) in [5, 5.41) is 0. The molecule has 0 aliphatic heterocycles. The van der Waals surface area contributed by atoms with Gasteiger partial charge in [-0.25, -0.2) is 0 Å². The number of hydrogen-bond acceptors (Lipinski definition) is 1. The van der Waals surface area contributed by atoms with Crippen LogP contribution in [0.5, 0.6) is 0 Å². The largest absolute Gasteiger partial charge is 0.367 e. The van der Waals surface area contributed by atoms with E-state index in [0.29, 0.717) is 0 Å². The zero-order valence-corrected chi connectivity index (χ0v) is 15.0. The van der Waals surface area contributed by atoms with Crippen LogP contribution in [-0.4, -0.2) is 12.2 Å². The van der Waals surface area contributed by atoms with E-state index in [0.717, 1.165) is 25.4 Å². The van der Waals surface area contributed by atoms with Gasteiger partial charge in [0.1, 0.15) is 0 Å². The van der Waals surface area contributed by atoms with Crippen molar-refractivity contribution in [2.75, 3.05) is 6.61 Å². The zero-order valence-electron chi connectivity index (χ0n) is 15.0. The molecule has 1 heteroatoms. The van der Waals surface area contributed by atoms with E-state index in [1.165, 1.54) is 36.0 Å². The van der Waals surface area contributed by atoms with Gasteiger partial charge in [-0.2, -0.15) is 0 Å². The molecule has 0 radical (unpaired) electrons. The molecule has 0 aromatic carbocycles. The van der Waals surface area contributed by atoms with Crippen molar-refractivity contribution in [2.24, 2.45) is 5.92 Å². The van der Waals surface area contributed by atoms with E-state index >= 15 is 0 Å². The molecule has 0 bridgehead atoms. The molecule has 1 rings (SSSR count). The van der Waals surface area contributed by atoms with Crippen LogP contribution >= 0.6 is 0 Å². The highest BCUT2D eigenvalue weighted by Gasteiger charge is 2.25. The van der Waals surface area contributed by atoms with Crippen LogP contribution in [0.3, 0.4) is 0 Å². The Morgan fingerprint density at radius 3 is 2.57 bits per heavy atom. The first-order valence-corrected chi connectivity index (χ1v) is 8.43. The van der Waals surface area contributed by atoms with Gasteiger partial charge in [0.15, 0.2) is 0 Å². The molecule has 0 amide bonds. The Bertz CT molecular complexity index is 406. The normalized spacial score (nSPS) is 20.2. The van der Waals surface area contributed by atoms with Crippen LogP contribution < -0.4 is 0 Å². The van der Waals surface area contributed by atoms with Crippen LogP contribution in [-0.2, 0) is 4.74 Å². The third-order valence-electron chi connectivity index (χ3n) is 4.41. The molecular formula is C20H34O. The molecular weight excluding hydrogens is 256 g/mol. The van der Waals surface area contributed by atoms with Crippen molar-refractivity contribution in [1.29, 1.82) is 0 Å². The summed E-state index contributed by atoms with van der Waals surface area (Å²) >= 11 is 0. The van der Waals surface area contributed by atoms with Gasteiger partial charge < -0.3 is 4.74 Å². The van der Waals surface area contributed by atoms with Gasteiger partial charge in [0, 0.05) is 0 Å². The second kappa shape index (κ2) is 8.58. The summed E-state index contributed by atoms with van der Waals surface area (Å²) in [6.45, 7) is 14.0. The molecule has 0 spiro atoms. The van der Waals surface area contributed by atoms with Crippen molar-refractivity contribution in [3.05, 3.63) is 34.9 Å². The third-order valence-corrected chi connectivity index (χ3v) is 4.41. The Morgan fingerprint density at radius 1 is 1.29 bits per heavy atom. The Kier molecular flexibility index (Phi) is 7.45. The van der Waals surface area contributed by atoms with Crippen LogP contribution in [0.2, 0.25) is 0 Å². The Hall–Kier alpha value is -0.820. The first-order valence-electron chi connectivity index (χ1n) is 8.43. The van der Waals surface area contributed by atoms with E-state index < -0.39 is 0 Å². The fourth-order valence-electron chi connectivity index (χ4n) is 2.69. The van der Waals surface area contributed by atoms with Crippen molar-refractivity contribution in [3.63, 3.8) is 0 Å². The van der Waals surface area contributed by atoms with Crippen LogP contribution in [0.4, 0.5) is 0 Å². The van der Waals surface area contributed by atoms with E-state index in [4.69, 9.17) is 4.74 Å². The van der Waals surface area contributed by atoms with Gasteiger partial charge in [0.25, 0.3) is 0 Å². The lowest BCUT2D eigenvalue weighted by atomic mass is 9.84. The lowest BCUT2D eigenvalue weighted by Gasteiger charge is -2.32. The molecule has 1 aliphatic rings. The molecule has 0 aromatic heterocycles. The van der Waals surface area contributed by atoms with E-state index in [-0.39, 0.29) is 5.60 Å². The van der Waals surface area contributed by atoms with Crippen molar-refractivity contribution in [3.8, 4) is 0 Å². The molecule has 0 unspecified atom stereocenters. The number of hydrogen-bond donors (Lipinski definition) is 0. The lowest BCUT2D eigenvalue weighted by molar-refractivity contribution is 0.0245. The first-order chi connectivity index (χ1) is 9.81. The van der Waals surface area contributed by atoms with Gasteiger partial charge in [-0.05, 0) is 78.2 Å². The fourth-order valence-corrected chi connectivity index (χ4v) is 2.69. The molecule has 0 aromatic rings. The maximum absolute atomic E-state index is 6.14. The maximum atomic E-state index is 6.14. The summed E-state index contributed by atoms with van der Waals surface area (Å²) in [4.78, 5) is 0. The standard InChI is InChI=1S/C20H34O/c1-16(2)8-7-9-17(3)14-15-21-20(5,6)19-12-10-18(4)11-13-19/h8,12,14,18H,7,9-11,13,15H2,1-6H3/b17-14+/t18-/m0/s1. The van der Waals surface area contributed by atoms with Crippen molar-refractivity contribution in [2.45, 2.75) is 79.2 Å². The van der Waals surface area contributed by atoms with Crippen LogP contribution in [0.15, 0.2) is 34.9 Å². The van der Waals surface area contributed by atoms with Gasteiger partial charge in [0.2, 0.25) is 0 Å². The quantitative estimate of drug-likeness (QED) is 0.506. The average Bonchev–Trinajstić information content (AvgIpc) is 2.38. The predicted molar refractivity (Wildman–Crippen MR) is 93.6 cm³/mol. The summed E-state index contributed by atoms with van der Waals surface area (Å²) < 4.78 is 6.14. The summed E-state index contributed by atoms with van der Waals surface area (Å²) in [5.41, 5.74) is 4.20. The van der Waals surface area contributed by atoms with Gasteiger partial charge >= 0.3 is 0 Å². The lowest BCUT2D eigenvalue weighted by Crippen LogP contribution is -2.29. The molecule has 0 heterocycles. The Morgan fingerprint density at radius 2 is 2.00 bits per heavy atom. The van der Waals surface area contributed by atoms with Crippen LogP contribution in [0, 0.1) is 5.92 Å². The maximum Gasteiger partial charge on any atom is 0.0839 e. The van der Waals surface area contributed by atoms with Gasteiger partial charge in [-0.1, -0.05) is 36.3 Å². The van der Waals surface area contributed by atoms with Crippen LogP contribution in [0.1, 0.15) is 73.6 Å². The second-order valence-corrected chi connectivity index (χ2v) is 7.30. The highest BCUT2D eigenvalue weighted by atomic mass is 16.5.